The van der Waals surface area contributed by atoms with Crippen LogP contribution in [0.3, 0.4) is 0 Å². The Morgan fingerprint density at radius 1 is 1.29 bits per heavy atom. The maximum atomic E-state index is 12.2. The number of nitrogens with zero attached hydrogens (tertiary/aromatic N) is 2. The molecule has 1 unspecified atom stereocenters. The van der Waals surface area contributed by atoms with Crippen LogP contribution in [0.4, 0.5) is 11.5 Å². The number of nitrogens with one attached hydrogen (secondary N) is 2. The number of benzene rings is 1. The Morgan fingerprint density at radius 3 is 2.76 bits per heavy atom. The molecule has 0 aliphatic carbocycles. The first-order valence-corrected chi connectivity index (χ1v) is 7.05. The van der Waals surface area contributed by atoms with Crippen molar-refractivity contribution in [2.45, 2.75) is 33.2 Å². The number of rotatable bonds is 5. The van der Waals surface area contributed by atoms with Crippen LogP contribution in [0.25, 0.3) is 0 Å². The minimum Gasteiger partial charge on any atom is -0.368 e. The second kappa shape index (κ2) is 6.83. The number of hydrogen-bond donors (Lipinski definition) is 2. The van der Waals surface area contributed by atoms with Crippen LogP contribution in [0, 0.1) is 6.92 Å². The van der Waals surface area contributed by atoms with E-state index in [9.17, 15) is 4.79 Å². The molecule has 5 nitrogen and oxygen atoms in total. The van der Waals surface area contributed by atoms with E-state index in [2.05, 4.69) is 34.4 Å². The lowest BCUT2D eigenvalue weighted by Gasteiger charge is -2.12. The van der Waals surface area contributed by atoms with E-state index in [0.717, 1.165) is 17.7 Å². The fourth-order valence-corrected chi connectivity index (χ4v) is 1.81. The molecule has 2 N–H and O–H groups in total. The largest absolute Gasteiger partial charge is 0.368 e. The van der Waals surface area contributed by atoms with Crippen molar-refractivity contribution < 1.29 is 4.79 Å². The summed E-state index contributed by atoms with van der Waals surface area (Å²) in [7, 11) is 0. The van der Waals surface area contributed by atoms with Crippen molar-refractivity contribution in [2.75, 3.05) is 10.6 Å². The first kappa shape index (κ1) is 15.0. The zero-order valence-corrected chi connectivity index (χ0v) is 12.6. The van der Waals surface area contributed by atoms with Gasteiger partial charge in [0.25, 0.3) is 5.91 Å². The third-order valence-corrected chi connectivity index (χ3v) is 3.30. The Bertz CT molecular complexity index is 627. The maximum absolute atomic E-state index is 12.2. The molecule has 1 amide bonds. The van der Waals surface area contributed by atoms with Crippen molar-refractivity contribution in [1.29, 1.82) is 0 Å². The van der Waals surface area contributed by atoms with Crippen LogP contribution in [0.2, 0.25) is 0 Å². The van der Waals surface area contributed by atoms with Crippen molar-refractivity contribution in [3.63, 3.8) is 0 Å². The molecule has 0 aliphatic heterocycles. The molecule has 0 aliphatic rings. The molecule has 110 valence electrons. The van der Waals surface area contributed by atoms with E-state index in [-0.39, 0.29) is 5.91 Å². The average molecular weight is 284 g/mol. The molecule has 21 heavy (non-hydrogen) atoms. The quantitative estimate of drug-likeness (QED) is 0.884. The molecule has 0 bridgehead atoms. The van der Waals surface area contributed by atoms with Crippen molar-refractivity contribution in [2.24, 2.45) is 0 Å². The lowest BCUT2D eigenvalue weighted by molar-refractivity contribution is 0.102. The third kappa shape index (κ3) is 4.02. The fraction of sp³-hybridized carbons (Fsp3) is 0.312. The standard InChI is InChI=1S/C16H20N4O/c1-4-12(3)19-15-9-14(17-10-18-15)16(21)20-13-8-6-5-7-11(13)2/h5-10,12H,4H2,1-3H3,(H,20,21)(H,17,18,19). The van der Waals surface area contributed by atoms with E-state index in [4.69, 9.17) is 0 Å². The molecule has 0 saturated carbocycles. The first-order chi connectivity index (χ1) is 10.1. The molecule has 2 rings (SSSR count). The Morgan fingerprint density at radius 2 is 2.05 bits per heavy atom. The van der Waals surface area contributed by atoms with E-state index in [0.29, 0.717) is 17.6 Å². The molecule has 1 aromatic carbocycles. The van der Waals surface area contributed by atoms with Gasteiger partial charge in [-0.25, -0.2) is 9.97 Å². The van der Waals surface area contributed by atoms with Gasteiger partial charge in [-0.3, -0.25) is 4.79 Å². The van der Waals surface area contributed by atoms with Crippen LogP contribution in [0.15, 0.2) is 36.7 Å². The summed E-state index contributed by atoms with van der Waals surface area (Å²) in [5.74, 6) is 0.424. The summed E-state index contributed by atoms with van der Waals surface area (Å²) in [6.07, 6.45) is 2.38. The Labute approximate surface area is 124 Å². The maximum Gasteiger partial charge on any atom is 0.274 e. The van der Waals surface area contributed by atoms with Crippen LogP contribution in [-0.4, -0.2) is 21.9 Å². The number of para-hydroxylation sites is 1. The predicted molar refractivity (Wildman–Crippen MR) is 84.5 cm³/mol. The average Bonchev–Trinajstić information content (AvgIpc) is 2.49. The van der Waals surface area contributed by atoms with Crippen molar-refractivity contribution in [1.82, 2.24) is 9.97 Å². The minimum atomic E-state index is -0.237. The van der Waals surface area contributed by atoms with Gasteiger partial charge in [0, 0.05) is 17.8 Å². The van der Waals surface area contributed by atoms with Gasteiger partial charge in [0.1, 0.15) is 17.8 Å². The molecule has 1 heterocycles. The van der Waals surface area contributed by atoms with Crippen LogP contribution in [-0.2, 0) is 0 Å². The van der Waals surface area contributed by atoms with Gasteiger partial charge in [-0.05, 0) is 31.9 Å². The number of amides is 1. The van der Waals surface area contributed by atoms with E-state index in [1.54, 1.807) is 6.07 Å². The topological polar surface area (TPSA) is 66.9 Å². The Balaban J connectivity index is 2.12. The van der Waals surface area contributed by atoms with Gasteiger partial charge >= 0.3 is 0 Å². The van der Waals surface area contributed by atoms with Gasteiger partial charge in [-0.1, -0.05) is 25.1 Å². The van der Waals surface area contributed by atoms with Crippen LogP contribution in [0.5, 0.6) is 0 Å². The van der Waals surface area contributed by atoms with Crippen molar-refractivity contribution >= 4 is 17.4 Å². The number of aryl methyl sites for hydroxylation is 1. The highest BCUT2D eigenvalue weighted by Crippen LogP contribution is 2.15. The molecule has 0 fully saturated rings. The molecular weight excluding hydrogens is 264 g/mol. The molecule has 0 saturated heterocycles. The van der Waals surface area contributed by atoms with E-state index >= 15 is 0 Å². The monoisotopic (exact) mass is 284 g/mol. The number of carbonyl (C=O) groups is 1. The molecular formula is C16H20N4O. The molecule has 0 radical (unpaired) electrons. The van der Waals surface area contributed by atoms with Gasteiger partial charge in [-0.15, -0.1) is 0 Å². The summed E-state index contributed by atoms with van der Waals surface area (Å²) < 4.78 is 0. The minimum absolute atomic E-state index is 0.237. The summed E-state index contributed by atoms with van der Waals surface area (Å²) in [6, 6.07) is 9.60. The molecule has 2 aromatic rings. The normalized spacial score (nSPS) is 11.8. The summed E-state index contributed by atoms with van der Waals surface area (Å²) in [6.45, 7) is 6.10. The SMILES string of the molecule is CCC(C)Nc1cc(C(=O)Nc2ccccc2C)ncn1. The summed E-state index contributed by atoms with van der Waals surface area (Å²) in [5, 5.41) is 6.09. The van der Waals surface area contributed by atoms with Gasteiger partial charge in [0.05, 0.1) is 0 Å². The number of hydrogen-bond acceptors (Lipinski definition) is 4. The summed E-state index contributed by atoms with van der Waals surface area (Å²) in [4.78, 5) is 20.4. The number of aromatic nitrogens is 2. The van der Waals surface area contributed by atoms with Gasteiger partial charge in [-0.2, -0.15) is 0 Å². The Kier molecular flexibility index (Phi) is 4.87. The highest BCUT2D eigenvalue weighted by atomic mass is 16.1. The zero-order chi connectivity index (χ0) is 15.2. The zero-order valence-electron chi connectivity index (χ0n) is 12.6. The first-order valence-electron chi connectivity index (χ1n) is 7.05. The van der Waals surface area contributed by atoms with Gasteiger partial charge < -0.3 is 10.6 Å². The second-order valence-electron chi connectivity index (χ2n) is 5.01. The lowest BCUT2D eigenvalue weighted by atomic mass is 10.2. The molecule has 0 spiro atoms. The van der Waals surface area contributed by atoms with E-state index in [1.807, 2.05) is 31.2 Å². The number of anilines is 2. The summed E-state index contributed by atoms with van der Waals surface area (Å²) in [5.41, 5.74) is 2.15. The van der Waals surface area contributed by atoms with Crippen molar-refractivity contribution in [3.8, 4) is 0 Å². The lowest BCUT2D eigenvalue weighted by Crippen LogP contribution is -2.18. The fourth-order valence-electron chi connectivity index (χ4n) is 1.81. The van der Waals surface area contributed by atoms with Crippen LogP contribution < -0.4 is 10.6 Å². The Hall–Kier alpha value is -2.43. The smallest absolute Gasteiger partial charge is 0.274 e. The van der Waals surface area contributed by atoms with Crippen molar-refractivity contribution in [3.05, 3.63) is 47.9 Å². The van der Waals surface area contributed by atoms with Gasteiger partial charge in [0.2, 0.25) is 0 Å². The molecule has 5 heteroatoms. The molecule has 1 aromatic heterocycles. The van der Waals surface area contributed by atoms with Gasteiger partial charge in [0.15, 0.2) is 0 Å². The highest BCUT2D eigenvalue weighted by Gasteiger charge is 2.11. The highest BCUT2D eigenvalue weighted by molar-refractivity contribution is 6.03. The van der Waals surface area contributed by atoms with Crippen LogP contribution >= 0.6 is 0 Å². The van der Waals surface area contributed by atoms with E-state index < -0.39 is 0 Å². The second-order valence-corrected chi connectivity index (χ2v) is 5.01. The number of carbonyl (C=O) groups excluding carboxylic acids is 1. The molecule has 1 atom stereocenters. The summed E-state index contributed by atoms with van der Waals surface area (Å²) >= 11 is 0. The van der Waals surface area contributed by atoms with Crippen LogP contribution in [0.1, 0.15) is 36.3 Å². The predicted octanol–water partition coefficient (Wildman–Crippen LogP) is 3.25. The van der Waals surface area contributed by atoms with E-state index in [1.165, 1.54) is 6.33 Å². The third-order valence-electron chi connectivity index (χ3n) is 3.30.